The van der Waals surface area contributed by atoms with Gasteiger partial charge in [-0.2, -0.15) is 0 Å². The molecule has 126 valence electrons. The maximum absolute atomic E-state index is 12.3. The van der Waals surface area contributed by atoms with Gasteiger partial charge in [-0.25, -0.2) is 0 Å². The minimum atomic E-state index is -0.495. The fourth-order valence-electron chi connectivity index (χ4n) is 2.30. The van der Waals surface area contributed by atoms with Crippen LogP contribution in [-0.2, 0) is 11.8 Å². The molecule has 24 heavy (non-hydrogen) atoms. The molecule has 1 atom stereocenters. The first kappa shape index (κ1) is 16.5. The predicted molar refractivity (Wildman–Crippen MR) is 91.9 cm³/mol. The van der Waals surface area contributed by atoms with Crippen LogP contribution in [0.4, 0.5) is 5.69 Å². The van der Waals surface area contributed by atoms with Gasteiger partial charge in [0.15, 0.2) is 5.16 Å². The summed E-state index contributed by atoms with van der Waals surface area (Å²) in [5, 5.41) is 11.6. The fraction of sp³-hybridized carbons (Fsp3) is 0.375. The van der Waals surface area contributed by atoms with Crippen molar-refractivity contribution in [3.05, 3.63) is 35.7 Å². The molecule has 1 aromatic heterocycles. The van der Waals surface area contributed by atoms with Crippen LogP contribution in [0, 0.1) is 0 Å². The molecular weight excluding hydrogens is 326 g/mol. The van der Waals surface area contributed by atoms with E-state index in [1.165, 1.54) is 11.8 Å². The summed E-state index contributed by atoms with van der Waals surface area (Å²) < 4.78 is 1.97. The average molecular weight is 345 g/mol. The second-order valence-corrected chi connectivity index (χ2v) is 7.17. The maximum atomic E-state index is 12.3. The highest BCUT2D eigenvalue weighted by Gasteiger charge is 2.30. The Bertz CT molecular complexity index is 767. The van der Waals surface area contributed by atoms with Gasteiger partial charge in [0.1, 0.15) is 5.82 Å². The van der Waals surface area contributed by atoms with Gasteiger partial charge in [-0.3, -0.25) is 9.59 Å². The number of hydrogen-bond acceptors (Lipinski definition) is 5. The zero-order valence-corrected chi connectivity index (χ0v) is 14.3. The number of aromatic nitrogens is 3. The van der Waals surface area contributed by atoms with Gasteiger partial charge in [-0.15, -0.1) is 10.2 Å². The Balaban J connectivity index is 1.61. The summed E-state index contributed by atoms with van der Waals surface area (Å²) in [6.45, 7) is 1.82. The lowest BCUT2D eigenvalue weighted by Crippen LogP contribution is -2.23. The predicted octanol–water partition coefficient (Wildman–Crippen LogP) is 1.91. The molecule has 0 saturated heterocycles. The van der Waals surface area contributed by atoms with Crippen LogP contribution in [0.5, 0.6) is 0 Å². The molecule has 1 aliphatic carbocycles. The smallest absolute Gasteiger partial charge is 0.248 e. The van der Waals surface area contributed by atoms with Crippen LogP contribution < -0.4 is 11.1 Å². The molecule has 1 fully saturated rings. The number of thioether (sulfide) groups is 1. The molecule has 1 aliphatic rings. The van der Waals surface area contributed by atoms with E-state index in [0.717, 1.165) is 23.8 Å². The van der Waals surface area contributed by atoms with Crippen LogP contribution in [0.15, 0.2) is 29.4 Å². The second kappa shape index (κ2) is 6.64. The molecule has 0 spiro atoms. The van der Waals surface area contributed by atoms with Gasteiger partial charge >= 0.3 is 0 Å². The van der Waals surface area contributed by atoms with Gasteiger partial charge in [0, 0.05) is 24.2 Å². The summed E-state index contributed by atoms with van der Waals surface area (Å²) in [4.78, 5) is 23.4. The minimum absolute atomic E-state index is 0.136. The van der Waals surface area contributed by atoms with E-state index in [9.17, 15) is 9.59 Å². The third-order valence-electron chi connectivity index (χ3n) is 3.90. The highest BCUT2D eigenvalue weighted by molar-refractivity contribution is 8.00. The minimum Gasteiger partial charge on any atom is -0.366 e. The molecule has 7 nitrogen and oxygen atoms in total. The van der Waals surface area contributed by atoms with E-state index in [0.29, 0.717) is 17.2 Å². The molecular formula is C16H19N5O2S. The normalized spacial score (nSPS) is 15.1. The monoisotopic (exact) mass is 345 g/mol. The molecule has 2 amide bonds. The first-order valence-corrected chi connectivity index (χ1v) is 8.60. The number of amides is 2. The van der Waals surface area contributed by atoms with Gasteiger partial charge in [0.05, 0.1) is 5.25 Å². The Morgan fingerprint density at radius 2 is 1.96 bits per heavy atom. The lowest BCUT2D eigenvalue weighted by molar-refractivity contribution is -0.115. The Labute approximate surface area is 144 Å². The van der Waals surface area contributed by atoms with Crippen molar-refractivity contribution >= 4 is 29.3 Å². The van der Waals surface area contributed by atoms with Crippen LogP contribution in [0.1, 0.15) is 41.9 Å². The Morgan fingerprint density at radius 3 is 2.54 bits per heavy atom. The van der Waals surface area contributed by atoms with E-state index >= 15 is 0 Å². The second-order valence-electron chi connectivity index (χ2n) is 5.86. The quantitative estimate of drug-likeness (QED) is 0.779. The number of hydrogen-bond donors (Lipinski definition) is 2. The SMILES string of the molecule is C[C@@H](Sc1nnc(C2CC2)n1C)C(=O)Nc1ccc(C(N)=O)cc1. The third kappa shape index (κ3) is 3.59. The van der Waals surface area contributed by atoms with Crippen molar-refractivity contribution in [1.82, 2.24) is 14.8 Å². The molecule has 2 aromatic rings. The van der Waals surface area contributed by atoms with Crippen molar-refractivity contribution in [2.45, 2.75) is 36.1 Å². The molecule has 1 aromatic carbocycles. The standard InChI is InChI=1S/C16H19N5O2S/c1-9(24-16-20-19-14(21(16)2)11-3-4-11)15(23)18-12-7-5-10(6-8-12)13(17)22/h5-9,11H,3-4H2,1-2H3,(H2,17,22)(H,18,23)/t9-/m1/s1. The zero-order valence-electron chi connectivity index (χ0n) is 13.5. The average Bonchev–Trinajstić information content (AvgIpc) is 3.33. The number of carbonyl (C=O) groups excluding carboxylic acids is 2. The highest BCUT2D eigenvalue weighted by atomic mass is 32.2. The van der Waals surface area contributed by atoms with Crippen LogP contribution in [0.3, 0.4) is 0 Å². The van der Waals surface area contributed by atoms with Gasteiger partial charge in [-0.05, 0) is 44.0 Å². The van der Waals surface area contributed by atoms with Gasteiger partial charge in [0.25, 0.3) is 0 Å². The lowest BCUT2D eigenvalue weighted by Gasteiger charge is -2.12. The van der Waals surface area contributed by atoms with Gasteiger partial charge in [-0.1, -0.05) is 11.8 Å². The van der Waals surface area contributed by atoms with Gasteiger partial charge in [0.2, 0.25) is 11.8 Å². The number of rotatable bonds is 6. The van der Waals surface area contributed by atoms with Crippen LogP contribution in [0.2, 0.25) is 0 Å². The number of anilines is 1. The molecule has 8 heteroatoms. The van der Waals surface area contributed by atoms with Crippen molar-refractivity contribution in [1.29, 1.82) is 0 Å². The Hall–Kier alpha value is -2.35. The van der Waals surface area contributed by atoms with Crippen molar-refractivity contribution in [2.75, 3.05) is 5.32 Å². The van der Waals surface area contributed by atoms with Crippen molar-refractivity contribution in [3.63, 3.8) is 0 Å². The van der Waals surface area contributed by atoms with E-state index < -0.39 is 5.91 Å². The fourth-order valence-corrected chi connectivity index (χ4v) is 3.12. The Morgan fingerprint density at radius 1 is 1.29 bits per heavy atom. The molecule has 3 rings (SSSR count). The van der Waals surface area contributed by atoms with E-state index in [4.69, 9.17) is 5.73 Å². The zero-order chi connectivity index (χ0) is 17.3. The topological polar surface area (TPSA) is 103 Å². The molecule has 1 saturated carbocycles. The van der Waals surface area contributed by atoms with E-state index in [-0.39, 0.29) is 11.2 Å². The van der Waals surface area contributed by atoms with Gasteiger partial charge < -0.3 is 15.6 Å². The summed E-state index contributed by atoms with van der Waals surface area (Å²) in [7, 11) is 1.93. The van der Waals surface area contributed by atoms with Crippen LogP contribution >= 0.6 is 11.8 Å². The number of primary amides is 1. The molecule has 0 bridgehead atoms. The largest absolute Gasteiger partial charge is 0.366 e. The summed E-state index contributed by atoms with van der Waals surface area (Å²) >= 11 is 1.37. The molecule has 0 radical (unpaired) electrons. The van der Waals surface area contributed by atoms with E-state index in [1.54, 1.807) is 24.3 Å². The van der Waals surface area contributed by atoms with Crippen molar-refractivity contribution < 1.29 is 9.59 Å². The molecule has 1 heterocycles. The van der Waals surface area contributed by atoms with E-state index in [2.05, 4.69) is 15.5 Å². The third-order valence-corrected chi connectivity index (χ3v) is 5.03. The number of nitrogens with two attached hydrogens (primary N) is 1. The number of carbonyl (C=O) groups is 2. The maximum Gasteiger partial charge on any atom is 0.248 e. The lowest BCUT2D eigenvalue weighted by atomic mass is 10.2. The first-order valence-electron chi connectivity index (χ1n) is 7.72. The number of benzene rings is 1. The van der Waals surface area contributed by atoms with Crippen LogP contribution in [0.25, 0.3) is 0 Å². The van der Waals surface area contributed by atoms with Crippen molar-refractivity contribution in [3.8, 4) is 0 Å². The summed E-state index contributed by atoms with van der Waals surface area (Å²) in [5.41, 5.74) is 6.22. The highest BCUT2D eigenvalue weighted by Crippen LogP contribution is 2.39. The number of nitrogens with zero attached hydrogens (tertiary/aromatic N) is 3. The number of nitrogens with one attached hydrogen (secondary N) is 1. The first-order chi connectivity index (χ1) is 11.5. The summed E-state index contributed by atoms with van der Waals surface area (Å²) in [5.74, 6) is 0.880. The van der Waals surface area contributed by atoms with E-state index in [1.807, 2.05) is 18.5 Å². The molecule has 3 N–H and O–H groups in total. The summed E-state index contributed by atoms with van der Waals surface area (Å²) in [6.07, 6.45) is 2.32. The summed E-state index contributed by atoms with van der Waals surface area (Å²) in [6, 6.07) is 6.48. The molecule has 0 aliphatic heterocycles. The molecule has 0 unspecified atom stereocenters. The van der Waals surface area contributed by atoms with Crippen LogP contribution in [-0.4, -0.2) is 31.8 Å². The Kier molecular flexibility index (Phi) is 4.57. The van der Waals surface area contributed by atoms with Crippen molar-refractivity contribution in [2.24, 2.45) is 12.8 Å².